The molecule has 2 amide bonds. The summed E-state index contributed by atoms with van der Waals surface area (Å²) in [5.74, 6) is -1.19. The number of aryl methyl sites for hydroxylation is 1. The summed E-state index contributed by atoms with van der Waals surface area (Å²) in [7, 11) is 1.58. The molecule has 36 heavy (non-hydrogen) atoms. The van der Waals surface area contributed by atoms with E-state index in [-0.39, 0.29) is 36.3 Å². The molecular weight excluding hydrogens is 462 g/mol. The second-order valence-electron chi connectivity index (χ2n) is 8.36. The Kier molecular flexibility index (Phi) is 8.69. The van der Waals surface area contributed by atoms with E-state index in [1.807, 2.05) is 31.2 Å². The molecule has 1 aromatic heterocycles. The van der Waals surface area contributed by atoms with E-state index < -0.39 is 11.9 Å². The second-order valence-corrected chi connectivity index (χ2v) is 8.36. The SMILES string of the molecule is COc1cccc(CNC(=O)c2cc(CN(CC(N)=O)[C@H](C)c3ccc(C(=O)O)c(C)c3)ncn2)c1. The van der Waals surface area contributed by atoms with Crippen molar-refractivity contribution in [1.29, 1.82) is 0 Å². The molecule has 0 bridgehead atoms. The van der Waals surface area contributed by atoms with Crippen molar-refractivity contribution < 1.29 is 24.2 Å². The molecule has 0 spiro atoms. The Morgan fingerprint density at radius 1 is 1.14 bits per heavy atom. The summed E-state index contributed by atoms with van der Waals surface area (Å²) in [5, 5.41) is 12.1. The van der Waals surface area contributed by atoms with Crippen LogP contribution in [0.3, 0.4) is 0 Å². The molecule has 0 saturated heterocycles. The number of nitrogens with one attached hydrogen (secondary N) is 1. The number of aromatic nitrogens is 2. The van der Waals surface area contributed by atoms with Gasteiger partial charge in [-0.05, 0) is 54.8 Å². The van der Waals surface area contributed by atoms with Crippen molar-refractivity contribution in [2.45, 2.75) is 33.0 Å². The number of hydrogen-bond acceptors (Lipinski definition) is 7. The van der Waals surface area contributed by atoms with E-state index in [9.17, 15) is 19.5 Å². The van der Waals surface area contributed by atoms with E-state index in [2.05, 4.69) is 15.3 Å². The van der Waals surface area contributed by atoms with E-state index in [0.717, 1.165) is 11.1 Å². The fraction of sp³-hybridized carbons (Fsp3) is 0.269. The van der Waals surface area contributed by atoms with Gasteiger partial charge in [0, 0.05) is 19.1 Å². The predicted octanol–water partition coefficient (Wildman–Crippen LogP) is 2.47. The van der Waals surface area contributed by atoms with Gasteiger partial charge >= 0.3 is 5.97 Å². The lowest BCUT2D eigenvalue weighted by Gasteiger charge is -2.28. The molecule has 2 aromatic carbocycles. The second kappa shape index (κ2) is 11.9. The number of nitrogens with zero attached hydrogens (tertiary/aromatic N) is 3. The first-order valence-corrected chi connectivity index (χ1v) is 11.3. The highest BCUT2D eigenvalue weighted by atomic mass is 16.5. The summed E-state index contributed by atoms with van der Waals surface area (Å²) in [5.41, 5.74) is 8.74. The van der Waals surface area contributed by atoms with Gasteiger partial charge < -0.3 is 20.9 Å². The number of benzene rings is 2. The fourth-order valence-electron chi connectivity index (χ4n) is 3.80. The lowest BCUT2D eigenvalue weighted by Crippen LogP contribution is -2.35. The largest absolute Gasteiger partial charge is 0.497 e. The minimum atomic E-state index is -1.00. The zero-order valence-electron chi connectivity index (χ0n) is 20.4. The van der Waals surface area contributed by atoms with Crippen LogP contribution in [0.4, 0.5) is 0 Å². The number of rotatable bonds is 11. The molecule has 0 aliphatic heterocycles. The Bertz CT molecular complexity index is 1260. The smallest absolute Gasteiger partial charge is 0.335 e. The molecule has 0 fully saturated rings. The Morgan fingerprint density at radius 3 is 2.58 bits per heavy atom. The first kappa shape index (κ1) is 26.3. The molecular formula is C26H29N5O5. The van der Waals surface area contributed by atoms with Gasteiger partial charge in [-0.1, -0.05) is 24.3 Å². The molecule has 1 heterocycles. The van der Waals surface area contributed by atoms with E-state index in [1.54, 1.807) is 43.2 Å². The summed E-state index contributed by atoms with van der Waals surface area (Å²) in [4.78, 5) is 46.0. The molecule has 0 saturated carbocycles. The van der Waals surface area contributed by atoms with Gasteiger partial charge in [-0.15, -0.1) is 0 Å². The molecule has 3 aromatic rings. The molecule has 0 aliphatic carbocycles. The lowest BCUT2D eigenvalue weighted by molar-refractivity contribution is -0.119. The van der Waals surface area contributed by atoms with Crippen LogP contribution in [0.25, 0.3) is 0 Å². The number of methoxy groups -OCH3 is 1. The molecule has 0 unspecified atom stereocenters. The molecule has 188 valence electrons. The topological polar surface area (TPSA) is 148 Å². The predicted molar refractivity (Wildman–Crippen MR) is 132 cm³/mol. The zero-order valence-corrected chi connectivity index (χ0v) is 20.4. The summed E-state index contributed by atoms with van der Waals surface area (Å²) in [6, 6.07) is 13.7. The third kappa shape index (κ3) is 6.86. The molecule has 3 rings (SSSR count). The normalized spacial score (nSPS) is 11.7. The van der Waals surface area contributed by atoms with Gasteiger partial charge in [-0.25, -0.2) is 14.8 Å². The molecule has 10 nitrogen and oxygen atoms in total. The van der Waals surface area contributed by atoms with E-state index in [0.29, 0.717) is 23.6 Å². The van der Waals surface area contributed by atoms with Crippen LogP contribution in [0.2, 0.25) is 0 Å². The standard InChI is InChI=1S/C26H29N5O5/c1-16-9-19(7-8-22(16)26(34)35)17(2)31(14-24(27)32)13-20-11-23(30-15-29-20)25(33)28-12-18-5-4-6-21(10-18)36-3/h4-11,15,17H,12-14H2,1-3H3,(H2,27,32)(H,28,33)(H,34,35)/t17-/m1/s1. The van der Waals surface area contributed by atoms with Crippen molar-refractivity contribution in [3.63, 3.8) is 0 Å². The zero-order chi connectivity index (χ0) is 26.2. The fourth-order valence-corrected chi connectivity index (χ4v) is 3.80. The number of aromatic carboxylic acids is 1. The van der Waals surface area contributed by atoms with Gasteiger partial charge in [-0.3, -0.25) is 14.5 Å². The highest BCUT2D eigenvalue weighted by molar-refractivity contribution is 5.92. The minimum absolute atomic E-state index is 0.0533. The lowest BCUT2D eigenvalue weighted by atomic mass is 10.00. The number of hydrogen-bond donors (Lipinski definition) is 3. The van der Waals surface area contributed by atoms with E-state index in [1.165, 1.54) is 6.33 Å². The van der Waals surface area contributed by atoms with Crippen molar-refractivity contribution in [3.05, 3.63) is 88.5 Å². The van der Waals surface area contributed by atoms with Crippen LogP contribution < -0.4 is 15.8 Å². The minimum Gasteiger partial charge on any atom is -0.497 e. The molecule has 1 atom stereocenters. The van der Waals surface area contributed by atoms with Gasteiger partial charge in [0.25, 0.3) is 5.91 Å². The first-order valence-electron chi connectivity index (χ1n) is 11.3. The molecule has 4 N–H and O–H groups in total. The number of carboxylic acid groups (broad SMARTS) is 1. The summed E-state index contributed by atoms with van der Waals surface area (Å²) in [6.45, 7) is 4.08. The Labute approximate surface area is 209 Å². The first-order chi connectivity index (χ1) is 17.2. The monoisotopic (exact) mass is 491 g/mol. The van der Waals surface area contributed by atoms with Crippen LogP contribution in [0, 0.1) is 6.92 Å². The number of nitrogens with two attached hydrogens (primary N) is 1. The van der Waals surface area contributed by atoms with Crippen molar-refractivity contribution in [2.75, 3.05) is 13.7 Å². The number of carbonyl (C=O) groups is 3. The van der Waals surface area contributed by atoms with Crippen molar-refractivity contribution >= 4 is 17.8 Å². The average molecular weight is 492 g/mol. The van der Waals surface area contributed by atoms with Crippen molar-refractivity contribution in [2.24, 2.45) is 5.73 Å². The molecule has 0 aliphatic rings. The summed E-state index contributed by atoms with van der Waals surface area (Å²) in [6.07, 6.45) is 1.30. The van der Waals surface area contributed by atoms with Gasteiger partial charge in [0.05, 0.1) is 24.9 Å². The quantitative estimate of drug-likeness (QED) is 0.371. The molecule has 10 heteroatoms. The Morgan fingerprint density at radius 2 is 1.92 bits per heavy atom. The van der Waals surface area contributed by atoms with Crippen molar-refractivity contribution in [1.82, 2.24) is 20.2 Å². The van der Waals surface area contributed by atoms with Crippen LogP contribution in [-0.2, 0) is 17.9 Å². The Balaban J connectivity index is 1.74. The van der Waals surface area contributed by atoms with E-state index >= 15 is 0 Å². The highest BCUT2D eigenvalue weighted by Gasteiger charge is 2.21. The maximum Gasteiger partial charge on any atom is 0.335 e. The van der Waals surface area contributed by atoms with Crippen LogP contribution >= 0.6 is 0 Å². The summed E-state index contributed by atoms with van der Waals surface area (Å²) >= 11 is 0. The van der Waals surface area contributed by atoms with Crippen LogP contribution in [-0.4, -0.2) is 51.4 Å². The van der Waals surface area contributed by atoms with Crippen molar-refractivity contribution in [3.8, 4) is 5.75 Å². The number of carboxylic acids is 1. The van der Waals surface area contributed by atoms with E-state index in [4.69, 9.17) is 10.5 Å². The summed E-state index contributed by atoms with van der Waals surface area (Å²) < 4.78 is 5.20. The van der Waals surface area contributed by atoms with Gasteiger partial charge in [0.15, 0.2) is 0 Å². The van der Waals surface area contributed by atoms with Gasteiger partial charge in [0.1, 0.15) is 17.8 Å². The van der Waals surface area contributed by atoms with Crippen LogP contribution in [0.5, 0.6) is 5.75 Å². The number of amides is 2. The van der Waals surface area contributed by atoms with Gasteiger partial charge in [0.2, 0.25) is 5.91 Å². The highest BCUT2D eigenvalue weighted by Crippen LogP contribution is 2.24. The van der Waals surface area contributed by atoms with Crippen LogP contribution in [0.1, 0.15) is 56.2 Å². The average Bonchev–Trinajstić information content (AvgIpc) is 2.86. The third-order valence-electron chi connectivity index (χ3n) is 5.78. The maximum atomic E-state index is 12.7. The Hall–Kier alpha value is -4.31. The number of primary amides is 1. The van der Waals surface area contributed by atoms with Crippen LogP contribution in [0.15, 0.2) is 54.9 Å². The number of carbonyl (C=O) groups excluding carboxylic acids is 2. The number of ether oxygens (including phenoxy) is 1. The molecule has 0 radical (unpaired) electrons. The van der Waals surface area contributed by atoms with Gasteiger partial charge in [-0.2, -0.15) is 0 Å². The third-order valence-corrected chi connectivity index (χ3v) is 5.78. The maximum absolute atomic E-state index is 12.7.